The van der Waals surface area contributed by atoms with Crippen molar-refractivity contribution in [2.75, 3.05) is 22.5 Å². The highest BCUT2D eigenvalue weighted by Gasteiger charge is 2.19. The van der Waals surface area contributed by atoms with Crippen LogP contribution in [0.15, 0.2) is 72.8 Å². The highest BCUT2D eigenvalue weighted by atomic mass is 32.2. The van der Waals surface area contributed by atoms with Crippen molar-refractivity contribution in [2.24, 2.45) is 0 Å². The van der Waals surface area contributed by atoms with Crippen LogP contribution in [0.1, 0.15) is 28.4 Å². The Morgan fingerprint density at radius 1 is 0.968 bits per heavy atom. The lowest BCUT2D eigenvalue weighted by atomic mass is 10.1. The summed E-state index contributed by atoms with van der Waals surface area (Å²) >= 11 is 0. The molecule has 31 heavy (non-hydrogen) atoms. The van der Waals surface area contributed by atoms with E-state index in [0.29, 0.717) is 29.3 Å². The molecule has 0 heterocycles. The van der Waals surface area contributed by atoms with E-state index in [9.17, 15) is 13.2 Å². The largest absolute Gasteiger partial charge is 0.492 e. The maximum absolute atomic E-state index is 12.7. The van der Waals surface area contributed by atoms with Gasteiger partial charge >= 0.3 is 0 Å². The number of benzene rings is 3. The summed E-state index contributed by atoms with van der Waals surface area (Å²) in [7, 11) is -3.50. The zero-order valence-corrected chi connectivity index (χ0v) is 18.6. The van der Waals surface area contributed by atoms with Gasteiger partial charge in [-0.3, -0.25) is 9.10 Å². The van der Waals surface area contributed by atoms with Crippen molar-refractivity contribution in [3.05, 3.63) is 89.5 Å². The van der Waals surface area contributed by atoms with Gasteiger partial charge in [0.1, 0.15) is 5.75 Å². The zero-order chi connectivity index (χ0) is 22.4. The first-order chi connectivity index (χ1) is 14.8. The van der Waals surface area contributed by atoms with Crippen LogP contribution in [0.2, 0.25) is 0 Å². The first-order valence-electron chi connectivity index (χ1n) is 9.94. The molecule has 0 fully saturated rings. The van der Waals surface area contributed by atoms with E-state index in [-0.39, 0.29) is 12.5 Å². The number of anilines is 2. The molecule has 7 heteroatoms. The van der Waals surface area contributed by atoms with E-state index in [4.69, 9.17) is 4.74 Å². The Hall–Kier alpha value is -3.32. The number of hydrogen-bond donors (Lipinski definition) is 1. The number of sulfonamides is 1. The molecular weight excluding hydrogens is 412 g/mol. The molecule has 0 atom stereocenters. The minimum absolute atomic E-state index is 0.215. The Morgan fingerprint density at radius 2 is 1.61 bits per heavy atom. The molecule has 0 aliphatic rings. The van der Waals surface area contributed by atoms with Crippen LogP contribution >= 0.6 is 0 Å². The zero-order valence-electron chi connectivity index (χ0n) is 17.8. The minimum Gasteiger partial charge on any atom is -0.492 e. The van der Waals surface area contributed by atoms with E-state index in [1.54, 1.807) is 36.4 Å². The van der Waals surface area contributed by atoms with Gasteiger partial charge in [-0.25, -0.2) is 8.42 Å². The summed E-state index contributed by atoms with van der Waals surface area (Å²) in [4.78, 5) is 12.7. The lowest BCUT2D eigenvalue weighted by molar-refractivity contribution is 0.102. The van der Waals surface area contributed by atoms with E-state index in [2.05, 4.69) is 5.32 Å². The molecule has 3 rings (SSSR count). The Bertz CT molecular complexity index is 1140. The maximum Gasteiger partial charge on any atom is 0.255 e. The second-order valence-electron chi connectivity index (χ2n) is 7.19. The topological polar surface area (TPSA) is 75.7 Å². The summed E-state index contributed by atoms with van der Waals surface area (Å²) in [6, 6.07) is 21.4. The average molecular weight is 439 g/mol. The third-order valence-electron chi connectivity index (χ3n) is 4.70. The molecule has 0 spiro atoms. The molecule has 6 nitrogen and oxygen atoms in total. The average Bonchev–Trinajstić information content (AvgIpc) is 2.74. The first kappa shape index (κ1) is 22.4. The van der Waals surface area contributed by atoms with Crippen molar-refractivity contribution in [3.8, 4) is 5.75 Å². The van der Waals surface area contributed by atoms with Crippen LogP contribution in [-0.2, 0) is 16.6 Å². The summed E-state index contributed by atoms with van der Waals surface area (Å²) in [6.07, 6.45) is 1.17. The smallest absolute Gasteiger partial charge is 0.255 e. The molecule has 0 aromatic heterocycles. The highest BCUT2D eigenvalue weighted by Crippen LogP contribution is 2.25. The van der Waals surface area contributed by atoms with Gasteiger partial charge in [0.2, 0.25) is 10.0 Å². The molecule has 3 aromatic carbocycles. The fourth-order valence-electron chi connectivity index (χ4n) is 3.08. The molecule has 3 aromatic rings. The van der Waals surface area contributed by atoms with E-state index in [0.717, 1.165) is 11.1 Å². The van der Waals surface area contributed by atoms with Crippen LogP contribution in [0.3, 0.4) is 0 Å². The third-order valence-corrected chi connectivity index (χ3v) is 5.84. The molecule has 0 aliphatic carbocycles. The van der Waals surface area contributed by atoms with Gasteiger partial charge in [0, 0.05) is 5.56 Å². The number of ether oxygens (including phenoxy) is 1. The quantitative estimate of drug-likeness (QED) is 0.557. The Labute approximate surface area is 183 Å². The number of amides is 1. The normalized spacial score (nSPS) is 11.1. The van der Waals surface area contributed by atoms with Crippen molar-refractivity contribution in [1.29, 1.82) is 0 Å². The van der Waals surface area contributed by atoms with Gasteiger partial charge in [0.15, 0.2) is 0 Å². The van der Waals surface area contributed by atoms with Gasteiger partial charge in [-0.15, -0.1) is 0 Å². The number of aryl methyl sites for hydroxylation is 1. The molecule has 0 saturated heterocycles. The number of hydrogen-bond acceptors (Lipinski definition) is 4. The number of carbonyl (C=O) groups excluding carboxylic acids is 1. The molecule has 162 valence electrons. The lowest BCUT2D eigenvalue weighted by Gasteiger charge is -2.23. The van der Waals surface area contributed by atoms with Crippen LogP contribution < -0.4 is 14.4 Å². The number of nitrogens with one attached hydrogen (secondary N) is 1. The lowest BCUT2D eigenvalue weighted by Crippen LogP contribution is -2.29. The van der Waals surface area contributed by atoms with Crippen LogP contribution in [0, 0.1) is 6.92 Å². The molecule has 1 N–H and O–H groups in total. The Morgan fingerprint density at radius 3 is 2.23 bits per heavy atom. The van der Waals surface area contributed by atoms with Crippen molar-refractivity contribution in [1.82, 2.24) is 0 Å². The molecule has 1 amide bonds. The van der Waals surface area contributed by atoms with E-state index < -0.39 is 10.0 Å². The highest BCUT2D eigenvalue weighted by molar-refractivity contribution is 7.92. The van der Waals surface area contributed by atoms with Crippen LogP contribution in [-0.4, -0.2) is 27.2 Å². The van der Waals surface area contributed by atoms with Gasteiger partial charge in [0.05, 0.1) is 30.8 Å². The molecule has 0 aliphatic heterocycles. The fourth-order valence-corrected chi connectivity index (χ4v) is 3.97. The summed E-state index contributed by atoms with van der Waals surface area (Å²) in [6.45, 7) is 4.56. The summed E-state index contributed by atoms with van der Waals surface area (Å²) in [5.74, 6) is 0.291. The van der Waals surface area contributed by atoms with Gasteiger partial charge in [-0.1, -0.05) is 42.0 Å². The van der Waals surface area contributed by atoms with Crippen molar-refractivity contribution in [2.45, 2.75) is 20.4 Å². The second kappa shape index (κ2) is 9.66. The molecule has 0 unspecified atom stereocenters. The number of nitrogens with zero attached hydrogens (tertiary/aromatic N) is 1. The van der Waals surface area contributed by atoms with E-state index in [1.807, 2.05) is 50.2 Å². The third kappa shape index (κ3) is 5.86. The number of para-hydroxylation sites is 2. The van der Waals surface area contributed by atoms with Crippen molar-refractivity contribution < 1.29 is 17.9 Å². The standard InChI is InChI=1S/C24H26N2O4S/c1-4-30-23-8-6-5-7-22(23)25-24(27)20-13-15-21(16-14-20)26(31(3,28)29)17-19-11-9-18(2)10-12-19/h5-16H,4,17H2,1-3H3,(H,25,27). The van der Waals surface area contributed by atoms with Crippen molar-refractivity contribution in [3.63, 3.8) is 0 Å². The maximum atomic E-state index is 12.7. The number of rotatable bonds is 8. The summed E-state index contributed by atoms with van der Waals surface area (Å²) < 4.78 is 31.7. The van der Waals surface area contributed by atoms with Crippen LogP contribution in [0.4, 0.5) is 11.4 Å². The second-order valence-corrected chi connectivity index (χ2v) is 9.09. The Balaban J connectivity index is 1.80. The SMILES string of the molecule is CCOc1ccccc1NC(=O)c1ccc(N(Cc2ccc(C)cc2)S(C)(=O)=O)cc1. The molecule has 0 saturated carbocycles. The Kier molecular flexibility index (Phi) is 6.97. The van der Waals surface area contributed by atoms with Gasteiger partial charge in [-0.2, -0.15) is 0 Å². The molecular formula is C24H26N2O4S. The van der Waals surface area contributed by atoms with Gasteiger partial charge in [-0.05, 0) is 55.8 Å². The van der Waals surface area contributed by atoms with Crippen LogP contribution in [0.5, 0.6) is 5.75 Å². The van der Waals surface area contributed by atoms with Crippen LogP contribution in [0.25, 0.3) is 0 Å². The van der Waals surface area contributed by atoms with Gasteiger partial charge in [0.25, 0.3) is 5.91 Å². The molecule has 0 bridgehead atoms. The summed E-state index contributed by atoms with van der Waals surface area (Å²) in [5.41, 5.74) is 3.48. The fraction of sp³-hybridized carbons (Fsp3) is 0.208. The van der Waals surface area contributed by atoms with E-state index in [1.165, 1.54) is 10.6 Å². The monoisotopic (exact) mass is 438 g/mol. The summed E-state index contributed by atoms with van der Waals surface area (Å²) in [5, 5.41) is 2.84. The number of carbonyl (C=O) groups is 1. The minimum atomic E-state index is -3.50. The predicted octanol–water partition coefficient (Wildman–Crippen LogP) is 4.61. The van der Waals surface area contributed by atoms with Gasteiger partial charge < -0.3 is 10.1 Å². The van der Waals surface area contributed by atoms with Crippen molar-refractivity contribution >= 4 is 27.3 Å². The predicted molar refractivity (Wildman–Crippen MR) is 124 cm³/mol. The molecule has 0 radical (unpaired) electrons. The van der Waals surface area contributed by atoms with E-state index >= 15 is 0 Å². The first-order valence-corrected chi connectivity index (χ1v) is 11.8.